The molecule has 30 heavy (non-hydrogen) atoms. The van der Waals surface area contributed by atoms with Gasteiger partial charge >= 0.3 is 0 Å². The highest BCUT2D eigenvalue weighted by Gasteiger charge is 2.26. The van der Waals surface area contributed by atoms with E-state index >= 15 is 0 Å². The predicted octanol–water partition coefficient (Wildman–Crippen LogP) is 3.72. The van der Waals surface area contributed by atoms with Gasteiger partial charge in [0.05, 0.1) is 4.90 Å². The lowest BCUT2D eigenvalue weighted by Crippen LogP contribution is -2.44. The van der Waals surface area contributed by atoms with Crippen molar-refractivity contribution >= 4 is 21.6 Å². The van der Waals surface area contributed by atoms with Gasteiger partial charge in [-0.15, -0.1) is 0 Å². The van der Waals surface area contributed by atoms with Gasteiger partial charge < -0.3 is 10.3 Å². The second-order valence-electron chi connectivity index (χ2n) is 7.62. The molecule has 158 valence electrons. The first-order valence-corrected chi connectivity index (χ1v) is 11.2. The van der Waals surface area contributed by atoms with Crippen LogP contribution in [-0.4, -0.2) is 30.3 Å². The average molecular weight is 427 g/mol. The Hall–Kier alpha value is -2.97. The summed E-state index contributed by atoms with van der Waals surface area (Å²) in [7, 11) is -3.83. The first kappa shape index (κ1) is 21.7. The summed E-state index contributed by atoms with van der Waals surface area (Å²) in [5.74, 6) is 0.400. The zero-order chi connectivity index (χ0) is 21.7. The number of hydrogen-bond donors (Lipinski definition) is 3. The second kappa shape index (κ2) is 9.23. The molecule has 7 nitrogen and oxygen atoms in total. The van der Waals surface area contributed by atoms with Crippen LogP contribution in [0.2, 0.25) is 0 Å². The zero-order valence-corrected chi connectivity index (χ0v) is 18.0. The molecule has 3 rings (SSSR count). The molecule has 0 saturated carbocycles. The van der Waals surface area contributed by atoms with Crippen molar-refractivity contribution in [3.63, 3.8) is 0 Å². The fourth-order valence-electron chi connectivity index (χ4n) is 3.05. The lowest BCUT2D eigenvalue weighted by Gasteiger charge is -2.20. The maximum Gasteiger partial charge on any atom is 0.242 e. The number of aromatic amines is 1. The van der Waals surface area contributed by atoms with E-state index in [0.29, 0.717) is 17.9 Å². The van der Waals surface area contributed by atoms with Gasteiger partial charge in [0.1, 0.15) is 11.9 Å². The molecule has 0 aliphatic carbocycles. The fourth-order valence-corrected chi connectivity index (χ4v) is 4.26. The number of sulfonamides is 1. The lowest BCUT2D eigenvalue weighted by molar-refractivity contribution is -0.118. The molecule has 1 unspecified atom stereocenters. The van der Waals surface area contributed by atoms with Gasteiger partial charge in [0, 0.05) is 23.6 Å². The van der Waals surface area contributed by atoms with Gasteiger partial charge in [0.2, 0.25) is 15.9 Å². The van der Waals surface area contributed by atoms with E-state index < -0.39 is 22.0 Å². The molecule has 3 aromatic rings. The van der Waals surface area contributed by atoms with Crippen molar-refractivity contribution < 1.29 is 13.2 Å². The minimum atomic E-state index is -3.83. The third-order valence-corrected chi connectivity index (χ3v) is 6.04. The monoisotopic (exact) mass is 426 g/mol. The predicted molar refractivity (Wildman–Crippen MR) is 117 cm³/mol. The van der Waals surface area contributed by atoms with Crippen LogP contribution in [0.25, 0.3) is 11.4 Å². The highest BCUT2D eigenvalue weighted by Crippen LogP contribution is 2.20. The Balaban J connectivity index is 1.79. The van der Waals surface area contributed by atoms with Crippen LogP contribution in [0.3, 0.4) is 0 Å². The molecule has 0 spiro atoms. The van der Waals surface area contributed by atoms with Crippen molar-refractivity contribution in [2.75, 3.05) is 5.32 Å². The largest absolute Gasteiger partial charge is 0.345 e. The van der Waals surface area contributed by atoms with Gasteiger partial charge in [0.15, 0.2) is 0 Å². The molecule has 8 heteroatoms. The minimum Gasteiger partial charge on any atom is -0.345 e. The van der Waals surface area contributed by atoms with E-state index in [1.165, 1.54) is 12.1 Å². The Labute approximate surface area is 177 Å². The van der Waals surface area contributed by atoms with E-state index in [4.69, 9.17) is 0 Å². The van der Waals surface area contributed by atoms with Crippen molar-refractivity contribution in [2.24, 2.45) is 5.92 Å². The fraction of sp³-hybridized carbons (Fsp3) is 0.273. The summed E-state index contributed by atoms with van der Waals surface area (Å²) in [6.07, 6.45) is 3.74. The number of benzene rings is 2. The number of H-pyrrole nitrogens is 1. The van der Waals surface area contributed by atoms with Crippen molar-refractivity contribution in [3.05, 3.63) is 66.5 Å². The Bertz CT molecular complexity index is 1090. The molecule has 0 saturated heterocycles. The van der Waals surface area contributed by atoms with Crippen LogP contribution in [-0.2, 0) is 14.8 Å². The van der Waals surface area contributed by atoms with E-state index in [-0.39, 0.29) is 10.8 Å². The lowest BCUT2D eigenvalue weighted by atomic mass is 10.0. The van der Waals surface area contributed by atoms with E-state index in [0.717, 1.165) is 11.1 Å². The first-order valence-electron chi connectivity index (χ1n) is 9.74. The second-order valence-corrected chi connectivity index (χ2v) is 9.34. The summed E-state index contributed by atoms with van der Waals surface area (Å²) in [4.78, 5) is 20.3. The number of carbonyl (C=O) groups is 1. The summed E-state index contributed by atoms with van der Waals surface area (Å²) in [5, 5.41) is 2.83. The summed E-state index contributed by atoms with van der Waals surface area (Å²) in [6, 6.07) is 12.9. The van der Waals surface area contributed by atoms with E-state index in [1.54, 1.807) is 42.7 Å². The molecule has 0 radical (unpaired) electrons. The zero-order valence-electron chi connectivity index (χ0n) is 17.2. The van der Waals surface area contributed by atoms with Crippen molar-refractivity contribution in [1.82, 2.24) is 14.7 Å². The van der Waals surface area contributed by atoms with Gasteiger partial charge in [-0.1, -0.05) is 43.7 Å². The Morgan fingerprint density at radius 2 is 1.87 bits per heavy atom. The third-order valence-electron chi connectivity index (χ3n) is 4.55. The normalized spacial score (nSPS) is 12.7. The number of imidazole rings is 1. The topological polar surface area (TPSA) is 104 Å². The number of carbonyl (C=O) groups excluding carboxylic acids is 1. The van der Waals surface area contributed by atoms with E-state index in [2.05, 4.69) is 20.0 Å². The minimum absolute atomic E-state index is 0.121. The van der Waals surface area contributed by atoms with Gasteiger partial charge in [-0.05, 0) is 43.5 Å². The molecule has 1 atom stereocenters. The summed E-state index contributed by atoms with van der Waals surface area (Å²) in [6.45, 7) is 5.77. The molecule has 3 N–H and O–H groups in total. The van der Waals surface area contributed by atoms with Gasteiger partial charge in [-0.25, -0.2) is 13.4 Å². The van der Waals surface area contributed by atoms with Crippen molar-refractivity contribution in [3.8, 4) is 11.4 Å². The van der Waals surface area contributed by atoms with E-state index in [1.807, 2.05) is 26.8 Å². The standard InChI is InChI=1S/C22H26N4O3S/c1-15(2)13-20(26-30(28,29)19-9-7-16(3)8-10-19)22(27)25-18-6-4-5-17(14-18)21-23-11-12-24-21/h4-12,14-15,20,26H,13H2,1-3H3,(H,23,24)(H,25,27). The van der Waals surface area contributed by atoms with Crippen LogP contribution < -0.4 is 10.0 Å². The third kappa shape index (κ3) is 5.55. The number of anilines is 1. The van der Waals surface area contributed by atoms with Gasteiger partial charge in [0.25, 0.3) is 0 Å². The number of rotatable bonds is 8. The quantitative estimate of drug-likeness (QED) is 0.511. The van der Waals surface area contributed by atoms with Gasteiger partial charge in [-0.3, -0.25) is 4.79 Å². The Morgan fingerprint density at radius 1 is 1.13 bits per heavy atom. The molecule has 1 amide bonds. The van der Waals surface area contributed by atoms with Gasteiger partial charge in [-0.2, -0.15) is 4.72 Å². The Morgan fingerprint density at radius 3 is 2.50 bits per heavy atom. The highest BCUT2D eigenvalue weighted by atomic mass is 32.2. The van der Waals surface area contributed by atoms with Crippen molar-refractivity contribution in [1.29, 1.82) is 0 Å². The summed E-state index contributed by atoms with van der Waals surface area (Å²) >= 11 is 0. The average Bonchev–Trinajstić information content (AvgIpc) is 3.22. The number of hydrogen-bond acceptors (Lipinski definition) is 4. The molecule has 1 aromatic heterocycles. The highest BCUT2D eigenvalue weighted by molar-refractivity contribution is 7.89. The molecule has 1 heterocycles. The summed E-state index contributed by atoms with van der Waals surface area (Å²) < 4.78 is 28.2. The first-order chi connectivity index (χ1) is 14.2. The van der Waals surface area contributed by atoms with Crippen LogP contribution in [0, 0.1) is 12.8 Å². The molecule has 2 aromatic carbocycles. The van der Waals surface area contributed by atoms with Crippen molar-refractivity contribution in [2.45, 2.75) is 38.1 Å². The summed E-state index contributed by atoms with van der Waals surface area (Å²) in [5.41, 5.74) is 2.34. The number of amides is 1. The molecule has 0 fully saturated rings. The molecule has 0 aliphatic heterocycles. The number of nitrogens with zero attached hydrogens (tertiary/aromatic N) is 1. The maximum atomic E-state index is 12.9. The number of aromatic nitrogens is 2. The van der Waals surface area contributed by atoms with Crippen LogP contribution >= 0.6 is 0 Å². The molecular formula is C22H26N4O3S. The molecule has 0 bridgehead atoms. The number of nitrogens with one attached hydrogen (secondary N) is 3. The maximum absolute atomic E-state index is 12.9. The SMILES string of the molecule is Cc1ccc(S(=O)(=O)NC(CC(C)C)C(=O)Nc2cccc(-c3ncc[nH]3)c2)cc1. The van der Waals surface area contributed by atoms with Crippen LogP contribution in [0.5, 0.6) is 0 Å². The van der Waals surface area contributed by atoms with E-state index in [9.17, 15) is 13.2 Å². The molecule has 0 aliphatic rings. The van der Waals surface area contributed by atoms with Crippen LogP contribution in [0.15, 0.2) is 65.8 Å². The van der Waals surface area contributed by atoms with Crippen LogP contribution in [0.4, 0.5) is 5.69 Å². The van der Waals surface area contributed by atoms with Crippen LogP contribution in [0.1, 0.15) is 25.8 Å². The smallest absolute Gasteiger partial charge is 0.242 e. The molecular weight excluding hydrogens is 400 g/mol. The number of aryl methyl sites for hydroxylation is 1. The Kier molecular flexibility index (Phi) is 6.69.